The fourth-order valence-electron chi connectivity index (χ4n) is 3.16. The number of H-pyrrole nitrogens is 1. The van der Waals surface area contributed by atoms with Crippen LogP contribution in [-0.2, 0) is 6.42 Å². The molecule has 0 bridgehead atoms. The van der Waals surface area contributed by atoms with E-state index in [4.69, 9.17) is 0 Å². The van der Waals surface area contributed by atoms with Crippen LogP contribution in [0.1, 0.15) is 12.0 Å². The zero-order valence-electron chi connectivity index (χ0n) is 13.4. The van der Waals surface area contributed by atoms with Crippen LogP contribution in [-0.4, -0.2) is 50.7 Å². The highest BCUT2D eigenvalue weighted by molar-refractivity contribution is 5.86. The standard InChI is InChI=1S/C18H26N3/c1-20(2)10-9-15-14-19-18-8-7-16(13-17(15)18)21(3)11-5-4-6-12-21/h4-5,7-8,13-14,19H,6,9-12H2,1-3H3/q+1. The number of nitrogens with zero attached hydrogens (tertiary/aromatic N) is 2. The van der Waals surface area contributed by atoms with Crippen LogP contribution >= 0.6 is 0 Å². The minimum absolute atomic E-state index is 1.02. The van der Waals surface area contributed by atoms with Gasteiger partial charge in [0, 0.05) is 42.2 Å². The van der Waals surface area contributed by atoms with Crippen LogP contribution in [0.3, 0.4) is 0 Å². The molecule has 0 aliphatic carbocycles. The summed E-state index contributed by atoms with van der Waals surface area (Å²) in [6.45, 7) is 3.38. The summed E-state index contributed by atoms with van der Waals surface area (Å²) >= 11 is 0. The first-order chi connectivity index (χ1) is 10.1. The number of nitrogens with one attached hydrogen (secondary N) is 1. The van der Waals surface area contributed by atoms with Crippen molar-refractivity contribution in [3.05, 3.63) is 42.1 Å². The molecule has 0 fully saturated rings. The summed E-state index contributed by atoms with van der Waals surface area (Å²) in [5.41, 5.74) is 4.11. The second-order valence-electron chi connectivity index (χ2n) is 6.66. The molecule has 1 N–H and O–H groups in total. The Balaban J connectivity index is 1.94. The number of quaternary nitrogens is 1. The molecule has 112 valence electrons. The molecule has 0 radical (unpaired) electrons. The van der Waals surface area contributed by atoms with Gasteiger partial charge in [-0.05, 0) is 38.2 Å². The van der Waals surface area contributed by atoms with E-state index in [1.54, 1.807) is 0 Å². The molecular weight excluding hydrogens is 258 g/mol. The lowest BCUT2D eigenvalue weighted by Crippen LogP contribution is -2.47. The molecule has 2 heterocycles. The molecule has 1 aliphatic rings. The van der Waals surface area contributed by atoms with Gasteiger partial charge in [-0.25, -0.2) is 0 Å². The lowest BCUT2D eigenvalue weighted by atomic mass is 10.1. The van der Waals surface area contributed by atoms with Crippen molar-refractivity contribution < 1.29 is 0 Å². The Kier molecular flexibility index (Phi) is 3.87. The lowest BCUT2D eigenvalue weighted by Gasteiger charge is -2.35. The third kappa shape index (κ3) is 2.89. The van der Waals surface area contributed by atoms with Gasteiger partial charge in [0.1, 0.15) is 12.2 Å². The van der Waals surface area contributed by atoms with Gasteiger partial charge in [0.15, 0.2) is 0 Å². The Bertz CT molecular complexity index is 654. The van der Waals surface area contributed by atoms with Crippen molar-refractivity contribution >= 4 is 16.6 Å². The van der Waals surface area contributed by atoms with Gasteiger partial charge in [-0.3, -0.25) is 4.48 Å². The summed E-state index contributed by atoms with van der Waals surface area (Å²) in [5.74, 6) is 0. The van der Waals surface area contributed by atoms with E-state index in [2.05, 4.69) is 67.6 Å². The number of hydrogen-bond donors (Lipinski definition) is 1. The van der Waals surface area contributed by atoms with Crippen LogP contribution in [0.4, 0.5) is 5.69 Å². The van der Waals surface area contributed by atoms with Gasteiger partial charge < -0.3 is 9.88 Å². The van der Waals surface area contributed by atoms with Crippen LogP contribution in [0, 0.1) is 0 Å². The van der Waals surface area contributed by atoms with Gasteiger partial charge in [0.05, 0.1) is 13.6 Å². The van der Waals surface area contributed by atoms with E-state index in [0.29, 0.717) is 0 Å². The maximum Gasteiger partial charge on any atom is 0.133 e. The molecule has 1 aliphatic heterocycles. The molecule has 1 aromatic carbocycles. The zero-order chi connectivity index (χ0) is 14.9. The molecule has 21 heavy (non-hydrogen) atoms. The molecule has 1 aromatic heterocycles. The van der Waals surface area contributed by atoms with E-state index in [1.165, 1.54) is 35.1 Å². The van der Waals surface area contributed by atoms with Crippen LogP contribution in [0.15, 0.2) is 36.5 Å². The Morgan fingerprint density at radius 3 is 2.81 bits per heavy atom. The number of rotatable bonds is 4. The van der Waals surface area contributed by atoms with Crippen molar-refractivity contribution in [1.29, 1.82) is 0 Å². The van der Waals surface area contributed by atoms with Gasteiger partial charge in [-0.15, -0.1) is 0 Å². The van der Waals surface area contributed by atoms with Crippen molar-refractivity contribution in [2.45, 2.75) is 12.8 Å². The Morgan fingerprint density at radius 1 is 1.24 bits per heavy atom. The maximum atomic E-state index is 3.42. The number of fused-ring (bicyclic) bond motifs is 1. The summed E-state index contributed by atoms with van der Waals surface area (Å²) < 4.78 is 1.02. The van der Waals surface area contributed by atoms with Crippen LogP contribution < -0.4 is 4.48 Å². The normalized spacial score (nSPS) is 22.3. The summed E-state index contributed by atoms with van der Waals surface area (Å²) in [4.78, 5) is 5.66. The largest absolute Gasteiger partial charge is 0.361 e. The van der Waals surface area contributed by atoms with E-state index in [-0.39, 0.29) is 0 Å². The summed E-state index contributed by atoms with van der Waals surface area (Å²) in [6, 6.07) is 6.93. The summed E-state index contributed by atoms with van der Waals surface area (Å²) in [6.07, 6.45) is 9.07. The highest BCUT2D eigenvalue weighted by Crippen LogP contribution is 2.29. The van der Waals surface area contributed by atoms with E-state index in [0.717, 1.165) is 24.0 Å². The smallest absolute Gasteiger partial charge is 0.133 e. The molecule has 2 aromatic rings. The van der Waals surface area contributed by atoms with E-state index >= 15 is 0 Å². The fourth-order valence-corrected chi connectivity index (χ4v) is 3.16. The van der Waals surface area contributed by atoms with E-state index < -0.39 is 0 Å². The number of likely N-dealkylation sites (N-methyl/N-ethyl adjacent to an activating group) is 2. The number of aromatic amines is 1. The van der Waals surface area contributed by atoms with Crippen molar-refractivity contribution in [3.8, 4) is 0 Å². The topological polar surface area (TPSA) is 19.0 Å². The molecule has 0 saturated carbocycles. The van der Waals surface area contributed by atoms with E-state index in [1.807, 2.05) is 0 Å². The summed E-state index contributed by atoms with van der Waals surface area (Å²) in [7, 11) is 6.61. The van der Waals surface area contributed by atoms with Crippen molar-refractivity contribution in [1.82, 2.24) is 14.4 Å². The zero-order valence-corrected chi connectivity index (χ0v) is 13.4. The Morgan fingerprint density at radius 2 is 2.10 bits per heavy atom. The molecular formula is C18H26N3+. The number of aromatic nitrogens is 1. The molecule has 3 heteroatoms. The third-order valence-corrected chi connectivity index (χ3v) is 4.67. The second-order valence-corrected chi connectivity index (χ2v) is 6.66. The molecule has 1 atom stereocenters. The van der Waals surface area contributed by atoms with Crippen LogP contribution in [0.25, 0.3) is 10.9 Å². The highest BCUT2D eigenvalue weighted by Gasteiger charge is 2.25. The van der Waals surface area contributed by atoms with Gasteiger partial charge in [-0.1, -0.05) is 6.08 Å². The molecule has 3 rings (SSSR count). The Hall–Kier alpha value is -1.58. The van der Waals surface area contributed by atoms with Crippen molar-refractivity contribution in [2.75, 3.05) is 40.8 Å². The second kappa shape index (κ2) is 5.66. The number of benzene rings is 1. The molecule has 3 nitrogen and oxygen atoms in total. The van der Waals surface area contributed by atoms with Crippen LogP contribution in [0.5, 0.6) is 0 Å². The van der Waals surface area contributed by atoms with Crippen LogP contribution in [0.2, 0.25) is 0 Å². The van der Waals surface area contributed by atoms with Gasteiger partial charge in [0.2, 0.25) is 0 Å². The van der Waals surface area contributed by atoms with Gasteiger partial charge >= 0.3 is 0 Å². The lowest BCUT2D eigenvalue weighted by molar-refractivity contribution is 0.358. The number of hydrogen-bond acceptors (Lipinski definition) is 1. The van der Waals surface area contributed by atoms with Crippen molar-refractivity contribution in [2.24, 2.45) is 0 Å². The predicted molar refractivity (Wildman–Crippen MR) is 91.8 cm³/mol. The predicted octanol–water partition coefficient (Wildman–Crippen LogP) is 3.17. The SMILES string of the molecule is CN(C)CCc1c[nH]c2ccc([N+]3(C)CC=CCC3)cc12. The average Bonchev–Trinajstić information content (AvgIpc) is 2.88. The monoisotopic (exact) mass is 284 g/mol. The van der Waals surface area contributed by atoms with Gasteiger partial charge in [-0.2, -0.15) is 0 Å². The molecule has 0 spiro atoms. The molecule has 0 amide bonds. The van der Waals surface area contributed by atoms with E-state index in [9.17, 15) is 0 Å². The first kappa shape index (κ1) is 14.4. The quantitative estimate of drug-likeness (QED) is 0.675. The fraction of sp³-hybridized carbons (Fsp3) is 0.444. The third-order valence-electron chi connectivity index (χ3n) is 4.67. The first-order valence-electron chi connectivity index (χ1n) is 7.83. The Labute approximate surface area is 127 Å². The average molecular weight is 284 g/mol. The molecule has 0 saturated heterocycles. The minimum Gasteiger partial charge on any atom is -0.361 e. The summed E-state index contributed by atoms with van der Waals surface area (Å²) in [5, 5.41) is 1.39. The van der Waals surface area contributed by atoms with Gasteiger partial charge in [0.25, 0.3) is 0 Å². The first-order valence-corrected chi connectivity index (χ1v) is 7.83. The highest BCUT2D eigenvalue weighted by atomic mass is 15.3. The molecule has 1 unspecified atom stereocenters. The maximum absolute atomic E-state index is 3.42. The van der Waals surface area contributed by atoms with Crippen molar-refractivity contribution in [3.63, 3.8) is 0 Å². The minimum atomic E-state index is 1.02.